The minimum Gasteiger partial charge on any atom is -0.179 e. The predicted octanol–water partition coefficient (Wildman–Crippen LogP) is 3.46. The lowest BCUT2D eigenvalue weighted by molar-refractivity contribution is 0.387. The number of hydrogen-bond acceptors (Lipinski definition) is 1. The maximum Gasteiger partial charge on any atom is -0.00276 e. The zero-order valence-corrected chi connectivity index (χ0v) is 10.2. The second kappa shape index (κ2) is 4.86. The molecule has 0 spiro atoms. The van der Waals surface area contributed by atoms with Crippen molar-refractivity contribution in [1.82, 2.24) is 0 Å². The standard InChI is InChI=1S/C10H21PS/c1-4-9-5-8(2)10(7-12)11(3)6-9/h8-10,12H,4-7H2,1-3H3. The average Bonchev–Trinajstić information content (AvgIpc) is 2.03. The van der Waals surface area contributed by atoms with E-state index in [9.17, 15) is 0 Å². The molecular weight excluding hydrogens is 183 g/mol. The summed E-state index contributed by atoms with van der Waals surface area (Å²) in [6, 6.07) is 0. The van der Waals surface area contributed by atoms with E-state index in [2.05, 4.69) is 33.1 Å². The minimum atomic E-state index is 0.284. The van der Waals surface area contributed by atoms with Gasteiger partial charge in [0.25, 0.3) is 0 Å². The van der Waals surface area contributed by atoms with Gasteiger partial charge >= 0.3 is 0 Å². The van der Waals surface area contributed by atoms with Crippen LogP contribution >= 0.6 is 20.6 Å². The van der Waals surface area contributed by atoms with E-state index in [-0.39, 0.29) is 7.92 Å². The second-order valence-electron chi connectivity index (χ2n) is 4.18. The van der Waals surface area contributed by atoms with Gasteiger partial charge in [0.15, 0.2) is 0 Å². The quantitative estimate of drug-likeness (QED) is 0.517. The lowest BCUT2D eigenvalue weighted by Gasteiger charge is -2.38. The van der Waals surface area contributed by atoms with Gasteiger partial charge in [0, 0.05) is 0 Å². The molecule has 1 saturated heterocycles. The van der Waals surface area contributed by atoms with Gasteiger partial charge in [0.2, 0.25) is 0 Å². The van der Waals surface area contributed by atoms with Crippen LogP contribution in [0.1, 0.15) is 26.7 Å². The highest BCUT2D eigenvalue weighted by Crippen LogP contribution is 2.50. The first-order chi connectivity index (χ1) is 5.69. The third kappa shape index (κ3) is 2.39. The van der Waals surface area contributed by atoms with Crippen LogP contribution in [0.25, 0.3) is 0 Å². The fourth-order valence-electron chi connectivity index (χ4n) is 2.35. The molecule has 4 atom stereocenters. The normalized spacial score (nSPS) is 43.0. The van der Waals surface area contributed by atoms with Crippen LogP contribution in [-0.2, 0) is 0 Å². The third-order valence-electron chi connectivity index (χ3n) is 3.24. The Bertz CT molecular complexity index is 126. The van der Waals surface area contributed by atoms with Gasteiger partial charge in [-0.25, -0.2) is 0 Å². The van der Waals surface area contributed by atoms with Gasteiger partial charge in [-0.2, -0.15) is 12.6 Å². The van der Waals surface area contributed by atoms with E-state index in [1.807, 2.05) is 0 Å². The van der Waals surface area contributed by atoms with Crippen molar-refractivity contribution in [3.05, 3.63) is 0 Å². The number of thiol groups is 1. The van der Waals surface area contributed by atoms with Crippen molar-refractivity contribution in [2.24, 2.45) is 11.8 Å². The molecule has 1 fully saturated rings. The molecule has 0 N–H and O–H groups in total. The number of rotatable bonds is 2. The fourth-order valence-corrected chi connectivity index (χ4v) is 6.31. The molecule has 0 bridgehead atoms. The summed E-state index contributed by atoms with van der Waals surface area (Å²) < 4.78 is 0. The van der Waals surface area contributed by atoms with Crippen LogP contribution in [0.2, 0.25) is 0 Å². The molecule has 0 saturated carbocycles. The molecule has 1 aliphatic heterocycles. The van der Waals surface area contributed by atoms with Crippen molar-refractivity contribution in [3.8, 4) is 0 Å². The molecule has 2 heteroatoms. The molecule has 0 amide bonds. The lowest BCUT2D eigenvalue weighted by Crippen LogP contribution is -2.29. The Morgan fingerprint density at radius 2 is 2.17 bits per heavy atom. The topological polar surface area (TPSA) is 0 Å². The highest BCUT2D eigenvalue weighted by Gasteiger charge is 2.30. The van der Waals surface area contributed by atoms with Crippen LogP contribution in [0.4, 0.5) is 0 Å². The first-order valence-corrected chi connectivity index (χ1v) is 7.67. The Morgan fingerprint density at radius 1 is 1.50 bits per heavy atom. The van der Waals surface area contributed by atoms with Crippen molar-refractivity contribution in [2.45, 2.75) is 32.3 Å². The molecule has 0 aromatic heterocycles. The minimum absolute atomic E-state index is 0.284. The van der Waals surface area contributed by atoms with E-state index >= 15 is 0 Å². The van der Waals surface area contributed by atoms with E-state index in [1.54, 1.807) is 0 Å². The Kier molecular flexibility index (Phi) is 4.40. The SMILES string of the molecule is CCC1CC(C)C(CS)P(C)C1. The van der Waals surface area contributed by atoms with Crippen molar-refractivity contribution in [3.63, 3.8) is 0 Å². The third-order valence-corrected chi connectivity index (χ3v) is 6.84. The lowest BCUT2D eigenvalue weighted by atomic mass is 9.92. The Labute approximate surface area is 83.7 Å². The summed E-state index contributed by atoms with van der Waals surface area (Å²) in [6.45, 7) is 7.22. The van der Waals surface area contributed by atoms with Crippen molar-refractivity contribution >= 4 is 20.6 Å². The van der Waals surface area contributed by atoms with Crippen molar-refractivity contribution in [1.29, 1.82) is 0 Å². The average molecular weight is 204 g/mol. The zero-order chi connectivity index (χ0) is 9.14. The van der Waals surface area contributed by atoms with E-state index < -0.39 is 0 Å². The molecule has 1 heterocycles. The van der Waals surface area contributed by atoms with Gasteiger partial charge < -0.3 is 0 Å². The summed E-state index contributed by atoms with van der Waals surface area (Å²) in [5.41, 5.74) is 0.936. The van der Waals surface area contributed by atoms with Crippen molar-refractivity contribution in [2.75, 3.05) is 18.6 Å². The number of hydrogen-bond donors (Lipinski definition) is 1. The van der Waals surface area contributed by atoms with Crippen LogP contribution in [0, 0.1) is 11.8 Å². The summed E-state index contributed by atoms with van der Waals surface area (Å²) in [5, 5.41) is 0. The van der Waals surface area contributed by atoms with Gasteiger partial charge in [-0.15, -0.1) is 7.92 Å². The summed E-state index contributed by atoms with van der Waals surface area (Å²) in [6.07, 6.45) is 4.34. The van der Waals surface area contributed by atoms with Gasteiger partial charge in [-0.3, -0.25) is 0 Å². The molecule has 0 aromatic carbocycles. The summed E-state index contributed by atoms with van der Waals surface area (Å²) in [7, 11) is 0.284. The molecule has 1 aliphatic rings. The molecular formula is C10H21PS. The molecule has 72 valence electrons. The molecule has 0 nitrogen and oxygen atoms in total. The Balaban J connectivity index is 2.51. The summed E-state index contributed by atoms with van der Waals surface area (Å²) >= 11 is 4.46. The molecule has 0 aliphatic carbocycles. The van der Waals surface area contributed by atoms with Crippen LogP contribution in [-0.4, -0.2) is 24.2 Å². The first kappa shape index (κ1) is 10.9. The zero-order valence-electron chi connectivity index (χ0n) is 8.45. The summed E-state index contributed by atoms with van der Waals surface area (Å²) in [4.78, 5) is 0. The highest BCUT2D eigenvalue weighted by atomic mass is 32.1. The van der Waals surface area contributed by atoms with E-state index in [4.69, 9.17) is 0 Å². The van der Waals surface area contributed by atoms with Crippen LogP contribution < -0.4 is 0 Å². The molecule has 12 heavy (non-hydrogen) atoms. The van der Waals surface area contributed by atoms with E-state index in [1.165, 1.54) is 19.0 Å². The second-order valence-corrected chi connectivity index (χ2v) is 7.08. The maximum absolute atomic E-state index is 4.46. The summed E-state index contributed by atoms with van der Waals surface area (Å²) in [5.74, 6) is 3.06. The van der Waals surface area contributed by atoms with E-state index in [0.29, 0.717) is 0 Å². The molecule has 4 unspecified atom stereocenters. The molecule has 0 aromatic rings. The Hall–Kier alpha value is 0.780. The van der Waals surface area contributed by atoms with Crippen LogP contribution in [0.3, 0.4) is 0 Å². The van der Waals surface area contributed by atoms with Crippen molar-refractivity contribution < 1.29 is 0 Å². The largest absolute Gasteiger partial charge is 0.179 e. The Morgan fingerprint density at radius 3 is 2.58 bits per heavy atom. The highest BCUT2D eigenvalue weighted by molar-refractivity contribution is 7.80. The molecule has 0 radical (unpaired) electrons. The van der Waals surface area contributed by atoms with Gasteiger partial charge in [-0.1, -0.05) is 20.3 Å². The van der Waals surface area contributed by atoms with E-state index in [0.717, 1.165) is 23.2 Å². The van der Waals surface area contributed by atoms with Crippen LogP contribution in [0.5, 0.6) is 0 Å². The van der Waals surface area contributed by atoms with Gasteiger partial charge in [-0.05, 0) is 42.5 Å². The predicted molar refractivity (Wildman–Crippen MR) is 62.9 cm³/mol. The smallest absolute Gasteiger partial charge is 0.00276 e. The monoisotopic (exact) mass is 204 g/mol. The van der Waals surface area contributed by atoms with Gasteiger partial charge in [0.05, 0.1) is 0 Å². The van der Waals surface area contributed by atoms with Gasteiger partial charge in [0.1, 0.15) is 0 Å². The van der Waals surface area contributed by atoms with Crippen LogP contribution in [0.15, 0.2) is 0 Å². The first-order valence-electron chi connectivity index (χ1n) is 5.00. The maximum atomic E-state index is 4.46. The molecule has 1 rings (SSSR count). The fraction of sp³-hybridized carbons (Fsp3) is 1.00.